The maximum atomic E-state index is 13.2. The Hall–Kier alpha value is -3.16. The van der Waals surface area contributed by atoms with Gasteiger partial charge in [-0.1, -0.05) is 44.2 Å². The molecule has 0 unspecified atom stereocenters. The van der Waals surface area contributed by atoms with Crippen molar-refractivity contribution in [1.82, 2.24) is 4.57 Å². The number of carbonyl (C=O) groups is 1. The lowest BCUT2D eigenvalue weighted by Gasteiger charge is -2.21. The Morgan fingerprint density at radius 3 is 2.38 bits per heavy atom. The molecule has 0 spiro atoms. The SMILES string of the molecule is CC(C)Cn1c(CN)c(-c2ccccc2)c2cc(OCC(N)=O)ccc2c1=O.O. The zero-order valence-electron chi connectivity index (χ0n) is 16.6. The lowest BCUT2D eigenvalue weighted by Crippen LogP contribution is -2.28. The first-order valence-electron chi connectivity index (χ1n) is 9.28. The minimum atomic E-state index is -0.557. The van der Waals surface area contributed by atoms with Gasteiger partial charge < -0.3 is 26.2 Å². The van der Waals surface area contributed by atoms with E-state index in [9.17, 15) is 9.59 Å². The average Bonchev–Trinajstić information content (AvgIpc) is 2.68. The van der Waals surface area contributed by atoms with Crippen LogP contribution in [0.2, 0.25) is 0 Å². The van der Waals surface area contributed by atoms with Crippen LogP contribution >= 0.6 is 0 Å². The monoisotopic (exact) mass is 397 g/mol. The summed E-state index contributed by atoms with van der Waals surface area (Å²) in [5, 5.41) is 1.33. The van der Waals surface area contributed by atoms with Gasteiger partial charge in [-0.25, -0.2) is 0 Å². The first kappa shape index (κ1) is 22.1. The van der Waals surface area contributed by atoms with E-state index in [1.54, 1.807) is 22.8 Å². The zero-order valence-corrected chi connectivity index (χ0v) is 16.6. The third kappa shape index (κ3) is 4.64. The summed E-state index contributed by atoms with van der Waals surface area (Å²) in [6.45, 7) is 4.73. The van der Waals surface area contributed by atoms with E-state index in [0.717, 1.165) is 22.2 Å². The summed E-state index contributed by atoms with van der Waals surface area (Å²) in [5.74, 6) is 0.216. The number of ether oxygens (including phenoxy) is 1. The molecule has 6 N–H and O–H groups in total. The third-order valence-corrected chi connectivity index (χ3v) is 4.53. The van der Waals surface area contributed by atoms with E-state index in [0.29, 0.717) is 23.6 Å². The van der Waals surface area contributed by atoms with Crippen molar-refractivity contribution in [3.8, 4) is 16.9 Å². The molecule has 1 aromatic heterocycles. The molecule has 3 aromatic rings. The van der Waals surface area contributed by atoms with Gasteiger partial charge in [-0.3, -0.25) is 9.59 Å². The predicted octanol–water partition coefficient (Wildman–Crippen LogP) is 1.82. The summed E-state index contributed by atoms with van der Waals surface area (Å²) in [4.78, 5) is 24.3. The highest BCUT2D eigenvalue weighted by molar-refractivity contribution is 5.98. The highest BCUT2D eigenvalue weighted by Gasteiger charge is 2.18. The van der Waals surface area contributed by atoms with Crippen LogP contribution in [0.4, 0.5) is 0 Å². The Kier molecular flexibility index (Phi) is 7.14. The molecule has 1 amide bonds. The summed E-state index contributed by atoms with van der Waals surface area (Å²) < 4.78 is 7.24. The van der Waals surface area contributed by atoms with Crippen LogP contribution in [0.1, 0.15) is 19.5 Å². The van der Waals surface area contributed by atoms with Crippen LogP contribution in [0.25, 0.3) is 21.9 Å². The van der Waals surface area contributed by atoms with Crippen molar-refractivity contribution in [1.29, 1.82) is 0 Å². The van der Waals surface area contributed by atoms with Crippen LogP contribution in [0, 0.1) is 5.92 Å². The second-order valence-corrected chi connectivity index (χ2v) is 7.16. The molecule has 0 saturated carbocycles. The van der Waals surface area contributed by atoms with E-state index >= 15 is 0 Å². The molecular formula is C22H27N3O4. The van der Waals surface area contributed by atoms with Crippen LogP contribution < -0.4 is 21.8 Å². The van der Waals surface area contributed by atoms with Gasteiger partial charge in [0.1, 0.15) is 5.75 Å². The van der Waals surface area contributed by atoms with Gasteiger partial charge in [0.05, 0.1) is 0 Å². The van der Waals surface area contributed by atoms with Gasteiger partial charge in [0.15, 0.2) is 6.61 Å². The lowest BCUT2D eigenvalue weighted by atomic mass is 9.96. The van der Waals surface area contributed by atoms with E-state index in [2.05, 4.69) is 13.8 Å². The molecule has 0 saturated heterocycles. The minimum Gasteiger partial charge on any atom is -0.484 e. The number of hydrogen-bond donors (Lipinski definition) is 2. The summed E-state index contributed by atoms with van der Waals surface area (Å²) >= 11 is 0. The number of rotatable bonds is 7. The van der Waals surface area contributed by atoms with Crippen LogP contribution in [0.5, 0.6) is 5.75 Å². The molecule has 7 nitrogen and oxygen atoms in total. The highest BCUT2D eigenvalue weighted by Crippen LogP contribution is 2.33. The second-order valence-electron chi connectivity index (χ2n) is 7.16. The number of hydrogen-bond acceptors (Lipinski definition) is 4. The molecule has 0 radical (unpaired) electrons. The number of nitrogens with zero attached hydrogens (tertiary/aromatic N) is 1. The zero-order chi connectivity index (χ0) is 20.3. The molecule has 29 heavy (non-hydrogen) atoms. The van der Waals surface area contributed by atoms with Gasteiger partial charge in [-0.05, 0) is 29.7 Å². The summed E-state index contributed by atoms with van der Waals surface area (Å²) in [7, 11) is 0. The molecule has 154 valence electrons. The molecular weight excluding hydrogens is 370 g/mol. The topological polar surface area (TPSA) is 132 Å². The number of benzene rings is 2. The van der Waals surface area contributed by atoms with Gasteiger partial charge in [0.2, 0.25) is 0 Å². The molecule has 7 heteroatoms. The lowest BCUT2D eigenvalue weighted by molar-refractivity contribution is -0.119. The van der Waals surface area contributed by atoms with Gasteiger partial charge >= 0.3 is 0 Å². The standard InChI is InChI=1S/C22H25N3O3.H2O/c1-14(2)12-25-19(11-23)21(15-6-4-3-5-7-15)18-10-16(28-13-20(24)26)8-9-17(18)22(25)27;/h3-10,14H,11-13,23H2,1-2H3,(H2,24,26);1H2. The van der Waals surface area contributed by atoms with Crippen molar-refractivity contribution in [2.45, 2.75) is 26.9 Å². The van der Waals surface area contributed by atoms with Crippen molar-refractivity contribution in [3.63, 3.8) is 0 Å². The van der Waals surface area contributed by atoms with E-state index in [4.69, 9.17) is 16.2 Å². The Bertz CT molecular complexity index is 1060. The molecule has 1 heterocycles. The fourth-order valence-corrected chi connectivity index (χ4v) is 3.42. The van der Waals surface area contributed by atoms with E-state index in [-0.39, 0.29) is 24.2 Å². The van der Waals surface area contributed by atoms with Gasteiger partial charge in [0.25, 0.3) is 11.5 Å². The number of pyridine rings is 1. The van der Waals surface area contributed by atoms with Gasteiger partial charge in [0, 0.05) is 35.1 Å². The van der Waals surface area contributed by atoms with Crippen molar-refractivity contribution in [2.24, 2.45) is 17.4 Å². The van der Waals surface area contributed by atoms with Crippen molar-refractivity contribution >= 4 is 16.7 Å². The molecule has 3 rings (SSSR count). The quantitative estimate of drug-likeness (QED) is 0.629. The summed E-state index contributed by atoms with van der Waals surface area (Å²) in [6, 6.07) is 15.0. The first-order chi connectivity index (χ1) is 13.4. The highest BCUT2D eigenvalue weighted by atomic mass is 16.5. The Labute approximate surface area is 169 Å². The Morgan fingerprint density at radius 2 is 1.79 bits per heavy atom. The average molecular weight is 397 g/mol. The van der Waals surface area contributed by atoms with Crippen LogP contribution in [0.3, 0.4) is 0 Å². The Morgan fingerprint density at radius 1 is 1.10 bits per heavy atom. The minimum absolute atomic E-state index is 0. The second kappa shape index (κ2) is 9.36. The smallest absolute Gasteiger partial charge is 0.258 e. The number of aromatic nitrogens is 1. The number of primary amides is 1. The van der Waals surface area contributed by atoms with Gasteiger partial charge in [-0.2, -0.15) is 0 Å². The van der Waals surface area contributed by atoms with E-state index < -0.39 is 5.91 Å². The number of fused-ring (bicyclic) bond motifs is 1. The van der Waals surface area contributed by atoms with Crippen molar-refractivity contribution in [2.75, 3.05) is 6.61 Å². The molecule has 2 aromatic carbocycles. The fourth-order valence-electron chi connectivity index (χ4n) is 3.42. The Balaban J connectivity index is 0.00000300. The molecule has 0 aliphatic carbocycles. The van der Waals surface area contributed by atoms with Crippen LogP contribution in [-0.2, 0) is 17.9 Å². The van der Waals surface area contributed by atoms with E-state index in [1.807, 2.05) is 30.3 Å². The normalized spacial score (nSPS) is 10.8. The first-order valence-corrected chi connectivity index (χ1v) is 9.28. The number of carbonyl (C=O) groups excluding carboxylic acids is 1. The van der Waals surface area contributed by atoms with Crippen molar-refractivity contribution < 1.29 is 15.0 Å². The maximum Gasteiger partial charge on any atom is 0.258 e. The van der Waals surface area contributed by atoms with E-state index in [1.165, 1.54) is 0 Å². The predicted molar refractivity (Wildman–Crippen MR) is 115 cm³/mol. The maximum absolute atomic E-state index is 13.2. The molecule has 0 aliphatic rings. The molecule has 0 atom stereocenters. The van der Waals surface area contributed by atoms with Gasteiger partial charge in [-0.15, -0.1) is 0 Å². The third-order valence-electron chi connectivity index (χ3n) is 4.53. The van der Waals surface area contributed by atoms with Crippen molar-refractivity contribution in [3.05, 3.63) is 64.6 Å². The molecule has 0 bridgehead atoms. The molecule has 0 fully saturated rings. The number of amides is 1. The summed E-state index contributed by atoms with van der Waals surface area (Å²) in [5.41, 5.74) is 13.9. The largest absolute Gasteiger partial charge is 0.484 e. The van der Waals surface area contributed by atoms with Crippen LogP contribution in [0.15, 0.2) is 53.3 Å². The number of nitrogens with two attached hydrogens (primary N) is 2. The molecule has 0 aliphatic heterocycles. The van der Waals surface area contributed by atoms with Crippen LogP contribution in [-0.4, -0.2) is 22.6 Å². The fraction of sp³-hybridized carbons (Fsp3) is 0.273. The summed E-state index contributed by atoms with van der Waals surface area (Å²) in [6.07, 6.45) is 0.